The van der Waals surface area contributed by atoms with Crippen molar-refractivity contribution in [2.24, 2.45) is 5.92 Å². The van der Waals surface area contributed by atoms with Gasteiger partial charge in [-0.1, -0.05) is 36.8 Å². The minimum atomic E-state index is -0.183. The van der Waals surface area contributed by atoms with Gasteiger partial charge in [-0.05, 0) is 30.9 Å². The molecule has 1 aliphatic rings. The van der Waals surface area contributed by atoms with E-state index in [0.29, 0.717) is 5.82 Å². The topological polar surface area (TPSA) is 88.9 Å². The zero-order chi connectivity index (χ0) is 16.9. The number of anilines is 2. The fraction of sp³-hybridized carbons (Fsp3) is 0.412. The average Bonchev–Trinajstić information content (AvgIpc) is 2.92. The molecule has 1 saturated carbocycles. The number of nitrogens with one attached hydrogen (secondary N) is 2. The van der Waals surface area contributed by atoms with Crippen molar-refractivity contribution in [1.29, 1.82) is 0 Å². The summed E-state index contributed by atoms with van der Waals surface area (Å²) in [5, 5.41) is 13.4. The first kappa shape index (κ1) is 16.2. The lowest BCUT2D eigenvalue weighted by atomic mass is 9.85. The Balaban J connectivity index is 1.56. The maximum Gasteiger partial charge on any atom is 0.246 e. The van der Waals surface area contributed by atoms with Gasteiger partial charge in [0, 0.05) is 11.6 Å². The van der Waals surface area contributed by atoms with Gasteiger partial charge >= 0.3 is 0 Å². The molecule has 7 heteroatoms. The molecule has 3 rings (SSSR count). The van der Waals surface area contributed by atoms with Gasteiger partial charge in [0.2, 0.25) is 11.8 Å². The van der Waals surface area contributed by atoms with Crippen LogP contribution in [0.5, 0.6) is 0 Å². The molecule has 0 spiro atoms. The molecule has 2 amide bonds. The molecule has 2 aromatic rings. The summed E-state index contributed by atoms with van der Waals surface area (Å²) >= 11 is 0. The molecule has 0 saturated heterocycles. The van der Waals surface area contributed by atoms with Crippen LogP contribution in [0.4, 0.5) is 11.5 Å². The van der Waals surface area contributed by atoms with Gasteiger partial charge in [0.1, 0.15) is 6.54 Å². The SMILES string of the molecule is CCc1ccccc1NC(=O)Cn1cc(NC(=O)C2CCC2)nn1. The van der Waals surface area contributed by atoms with Gasteiger partial charge in [-0.3, -0.25) is 9.59 Å². The highest BCUT2D eigenvalue weighted by Gasteiger charge is 2.25. The molecule has 0 aliphatic heterocycles. The van der Waals surface area contributed by atoms with Crippen LogP contribution in [0.25, 0.3) is 0 Å². The van der Waals surface area contributed by atoms with Gasteiger partial charge in [-0.25, -0.2) is 4.68 Å². The van der Waals surface area contributed by atoms with Crippen molar-refractivity contribution in [2.75, 3.05) is 10.6 Å². The third kappa shape index (κ3) is 3.79. The van der Waals surface area contributed by atoms with Gasteiger partial charge in [0.15, 0.2) is 5.82 Å². The summed E-state index contributed by atoms with van der Waals surface area (Å²) in [5.41, 5.74) is 1.89. The van der Waals surface area contributed by atoms with Crippen molar-refractivity contribution in [3.05, 3.63) is 36.0 Å². The van der Waals surface area contributed by atoms with E-state index in [1.165, 1.54) is 4.68 Å². The van der Waals surface area contributed by atoms with Crippen LogP contribution in [0.15, 0.2) is 30.5 Å². The van der Waals surface area contributed by atoms with Crippen LogP contribution in [-0.2, 0) is 22.6 Å². The summed E-state index contributed by atoms with van der Waals surface area (Å²) in [5.74, 6) is 0.268. The number of carbonyl (C=O) groups is 2. The van der Waals surface area contributed by atoms with E-state index in [0.717, 1.165) is 36.9 Å². The number of rotatable bonds is 6. The Morgan fingerprint density at radius 3 is 2.75 bits per heavy atom. The Morgan fingerprint density at radius 1 is 1.25 bits per heavy atom. The van der Waals surface area contributed by atoms with Gasteiger partial charge in [0.05, 0.1) is 6.20 Å². The van der Waals surface area contributed by atoms with Crippen molar-refractivity contribution in [3.8, 4) is 0 Å². The second kappa shape index (κ2) is 7.25. The molecule has 1 heterocycles. The largest absolute Gasteiger partial charge is 0.324 e. The Hall–Kier alpha value is -2.70. The highest BCUT2D eigenvalue weighted by molar-refractivity contribution is 5.92. The van der Waals surface area contributed by atoms with Gasteiger partial charge in [-0.15, -0.1) is 5.10 Å². The highest BCUT2D eigenvalue weighted by atomic mass is 16.2. The second-order valence-electron chi connectivity index (χ2n) is 5.98. The van der Waals surface area contributed by atoms with Crippen LogP contribution in [0.2, 0.25) is 0 Å². The maximum absolute atomic E-state index is 12.2. The summed E-state index contributed by atoms with van der Waals surface area (Å²) in [6.07, 6.45) is 5.38. The third-order valence-corrected chi connectivity index (χ3v) is 4.24. The predicted molar refractivity (Wildman–Crippen MR) is 90.4 cm³/mol. The Labute approximate surface area is 140 Å². The summed E-state index contributed by atoms with van der Waals surface area (Å²) < 4.78 is 1.42. The molecular weight excluding hydrogens is 306 g/mol. The van der Waals surface area contributed by atoms with E-state index in [-0.39, 0.29) is 24.3 Å². The Kier molecular flexibility index (Phi) is 4.88. The van der Waals surface area contributed by atoms with Crippen molar-refractivity contribution in [2.45, 2.75) is 39.2 Å². The van der Waals surface area contributed by atoms with Crippen LogP contribution in [0.3, 0.4) is 0 Å². The Morgan fingerprint density at radius 2 is 2.04 bits per heavy atom. The number of aryl methyl sites for hydroxylation is 1. The van der Waals surface area contributed by atoms with Crippen LogP contribution in [0.1, 0.15) is 31.7 Å². The number of aromatic nitrogens is 3. The molecule has 1 aromatic heterocycles. The predicted octanol–water partition coefficient (Wildman–Crippen LogP) is 2.22. The van der Waals surface area contributed by atoms with Crippen LogP contribution in [-0.4, -0.2) is 26.8 Å². The quantitative estimate of drug-likeness (QED) is 0.851. The number of hydrogen-bond donors (Lipinski definition) is 2. The highest BCUT2D eigenvalue weighted by Crippen LogP contribution is 2.27. The standard InChI is InChI=1S/C17H21N5O2/c1-2-12-6-3-4-9-14(12)18-16(23)11-22-10-15(20-21-22)19-17(24)13-7-5-8-13/h3-4,6,9-10,13H,2,5,7-8,11H2,1H3,(H,18,23)(H,19,24). The first-order chi connectivity index (χ1) is 11.7. The van der Waals surface area contributed by atoms with Gasteiger partial charge in [0.25, 0.3) is 0 Å². The molecule has 2 N–H and O–H groups in total. The lowest BCUT2D eigenvalue weighted by Gasteiger charge is -2.23. The van der Waals surface area contributed by atoms with Crippen LogP contribution >= 0.6 is 0 Å². The molecular formula is C17H21N5O2. The van der Waals surface area contributed by atoms with E-state index < -0.39 is 0 Å². The molecule has 7 nitrogen and oxygen atoms in total. The maximum atomic E-state index is 12.2. The zero-order valence-electron chi connectivity index (χ0n) is 13.7. The van der Waals surface area contributed by atoms with Crippen molar-refractivity contribution in [3.63, 3.8) is 0 Å². The number of carbonyl (C=O) groups excluding carboxylic acids is 2. The number of benzene rings is 1. The van der Waals surface area contributed by atoms with Crippen LogP contribution in [0, 0.1) is 5.92 Å². The molecule has 0 bridgehead atoms. The molecule has 1 fully saturated rings. The molecule has 24 heavy (non-hydrogen) atoms. The zero-order valence-corrected chi connectivity index (χ0v) is 13.7. The minimum Gasteiger partial charge on any atom is -0.324 e. The summed E-state index contributed by atoms with van der Waals surface area (Å²) in [6, 6.07) is 7.70. The third-order valence-electron chi connectivity index (χ3n) is 4.24. The average molecular weight is 327 g/mol. The lowest BCUT2D eigenvalue weighted by Crippen LogP contribution is -2.28. The first-order valence-electron chi connectivity index (χ1n) is 8.24. The van der Waals surface area contributed by atoms with E-state index in [1.54, 1.807) is 6.20 Å². The molecule has 0 unspecified atom stereocenters. The molecule has 1 aliphatic carbocycles. The lowest BCUT2D eigenvalue weighted by molar-refractivity contribution is -0.122. The van der Waals surface area contributed by atoms with Gasteiger partial charge < -0.3 is 10.6 Å². The van der Waals surface area contributed by atoms with E-state index in [1.807, 2.05) is 31.2 Å². The first-order valence-corrected chi connectivity index (χ1v) is 8.24. The number of para-hydroxylation sites is 1. The monoisotopic (exact) mass is 327 g/mol. The van der Waals surface area contributed by atoms with Gasteiger partial charge in [-0.2, -0.15) is 0 Å². The number of nitrogens with zero attached hydrogens (tertiary/aromatic N) is 3. The molecule has 1 aromatic carbocycles. The van der Waals surface area contributed by atoms with E-state index in [4.69, 9.17) is 0 Å². The normalized spacial score (nSPS) is 14.0. The van der Waals surface area contributed by atoms with E-state index >= 15 is 0 Å². The van der Waals surface area contributed by atoms with Crippen molar-refractivity contribution >= 4 is 23.3 Å². The van der Waals surface area contributed by atoms with Crippen molar-refractivity contribution < 1.29 is 9.59 Å². The number of amides is 2. The molecule has 0 atom stereocenters. The number of hydrogen-bond acceptors (Lipinski definition) is 4. The van der Waals surface area contributed by atoms with Crippen LogP contribution < -0.4 is 10.6 Å². The second-order valence-corrected chi connectivity index (χ2v) is 5.98. The fourth-order valence-electron chi connectivity index (χ4n) is 2.62. The smallest absolute Gasteiger partial charge is 0.246 e. The summed E-state index contributed by atoms with van der Waals surface area (Å²) in [6.45, 7) is 2.09. The molecule has 126 valence electrons. The fourth-order valence-corrected chi connectivity index (χ4v) is 2.62. The van der Waals surface area contributed by atoms with Crippen molar-refractivity contribution in [1.82, 2.24) is 15.0 Å². The Bertz CT molecular complexity index is 736. The summed E-state index contributed by atoms with van der Waals surface area (Å²) in [4.78, 5) is 24.0. The minimum absolute atomic E-state index is 0.0189. The van der Waals surface area contributed by atoms with E-state index in [9.17, 15) is 9.59 Å². The molecule has 0 radical (unpaired) electrons. The summed E-state index contributed by atoms with van der Waals surface area (Å²) in [7, 11) is 0. The van der Waals surface area contributed by atoms with E-state index in [2.05, 4.69) is 20.9 Å².